The molecule has 1 aliphatic rings. The van der Waals surface area contributed by atoms with Gasteiger partial charge in [-0.2, -0.15) is 0 Å². The molecule has 1 aromatic carbocycles. The molecule has 0 spiro atoms. The van der Waals surface area contributed by atoms with Gasteiger partial charge >= 0.3 is 23.3 Å². The second-order valence-corrected chi connectivity index (χ2v) is 3.51. The quantitative estimate of drug-likeness (QED) is 0.317. The number of esters is 1. The van der Waals surface area contributed by atoms with Crippen molar-refractivity contribution in [1.82, 2.24) is 0 Å². The minimum atomic E-state index is -0.318. The van der Waals surface area contributed by atoms with Gasteiger partial charge in [0.25, 0.3) is 0 Å². The zero-order valence-corrected chi connectivity index (χ0v) is 13.3. The van der Waals surface area contributed by atoms with Crippen molar-refractivity contribution in [3.05, 3.63) is 28.8 Å². The van der Waals surface area contributed by atoms with Crippen molar-refractivity contribution in [3.63, 3.8) is 0 Å². The number of hydrogen-bond acceptors (Lipinski definition) is 3. The van der Waals surface area contributed by atoms with Gasteiger partial charge in [-0.25, -0.2) is 4.79 Å². The maximum absolute atomic E-state index is 11.5. The van der Waals surface area contributed by atoms with Crippen LogP contribution in [0.15, 0.2) is 12.1 Å². The van der Waals surface area contributed by atoms with Crippen molar-refractivity contribution in [2.45, 2.75) is 19.3 Å². The first-order valence-corrected chi connectivity index (χ1v) is 4.72. The molecule has 2 rings (SSSR count). The minimum Gasteiger partial charge on any atom is -1.00 e. The van der Waals surface area contributed by atoms with E-state index in [2.05, 4.69) is 0 Å². The maximum Gasteiger partial charge on any atom is 3.00 e. The number of aryl methyl sites for hydroxylation is 1. The van der Waals surface area contributed by atoms with E-state index in [4.69, 9.17) is 10.5 Å². The minimum absolute atomic E-state index is 0. The van der Waals surface area contributed by atoms with E-state index in [-0.39, 0.29) is 60.6 Å². The number of hydrogen-bond donors (Lipinski definition) is 1. The second kappa shape index (κ2) is 9.77. The third-order valence-electron chi connectivity index (χ3n) is 2.70. The van der Waals surface area contributed by atoms with Crippen LogP contribution >= 0.6 is 0 Å². The summed E-state index contributed by atoms with van der Waals surface area (Å²) in [6.45, 7) is 0. The van der Waals surface area contributed by atoms with Gasteiger partial charge in [0.1, 0.15) is 0 Å². The fourth-order valence-corrected chi connectivity index (χ4v) is 2.03. The smallest absolute Gasteiger partial charge is 1.00 e. The largest absolute Gasteiger partial charge is 3.00 e. The average Bonchev–Trinajstić information content (AvgIpc) is 2.64. The van der Waals surface area contributed by atoms with Gasteiger partial charge in [0.2, 0.25) is 0 Å². The summed E-state index contributed by atoms with van der Waals surface area (Å²) in [6.07, 6.45) is 3.08. The number of nitrogens with two attached hydrogens (primary N) is 1. The van der Waals surface area contributed by atoms with E-state index in [0.717, 1.165) is 24.8 Å². The molecule has 1 aromatic rings. The maximum atomic E-state index is 11.5. The summed E-state index contributed by atoms with van der Waals surface area (Å²) in [6, 6.07) is 3.79. The van der Waals surface area contributed by atoms with Crippen LogP contribution in [0.5, 0.6) is 0 Å². The normalized spacial score (nSPS) is 10.7. The Morgan fingerprint density at radius 2 is 1.83 bits per heavy atom. The summed E-state index contributed by atoms with van der Waals surface area (Å²) in [4.78, 5) is 11.5. The topological polar surface area (TPSA) is 52.3 Å². The first-order chi connectivity index (χ1) is 6.74. The average molecular weight is 325 g/mol. The predicted molar refractivity (Wildman–Crippen MR) is 60.0 cm³/mol. The van der Waals surface area contributed by atoms with Crippen molar-refractivity contribution < 1.29 is 46.8 Å². The summed E-state index contributed by atoms with van der Waals surface area (Å²) in [5.74, 6) is -0.318. The molecule has 3 nitrogen and oxygen atoms in total. The molecule has 0 saturated carbocycles. The number of rotatable bonds is 1. The molecule has 0 saturated heterocycles. The Kier molecular flexibility index (Phi) is 12.5. The van der Waals surface area contributed by atoms with Crippen LogP contribution in [0.2, 0.25) is 0 Å². The number of carbonyl (C=O) groups excluding carboxylic acids is 1. The molecule has 1 aliphatic carbocycles. The van der Waals surface area contributed by atoms with Gasteiger partial charge in [0.15, 0.2) is 0 Å². The molecule has 0 heterocycles. The molecule has 98 valence electrons. The molecular weight excluding hydrogens is 311 g/mol. The van der Waals surface area contributed by atoms with Crippen LogP contribution in [-0.2, 0) is 17.6 Å². The summed E-state index contributed by atoms with van der Waals surface area (Å²) in [7, 11) is 1.39. The Balaban J connectivity index is -0.000000562. The molecule has 0 bridgehead atoms. The number of fused-ring (bicyclic) bond motifs is 1. The predicted octanol–water partition coefficient (Wildman–Crippen LogP) is -7.82. The first kappa shape index (κ1) is 23.0. The van der Waals surface area contributed by atoms with Gasteiger partial charge in [0.05, 0.1) is 12.7 Å². The van der Waals surface area contributed by atoms with Crippen LogP contribution in [0.25, 0.3) is 0 Å². The molecule has 2 N–H and O–H groups in total. The van der Waals surface area contributed by atoms with Crippen LogP contribution in [0.1, 0.15) is 27.9 Å². The molecule has 7 heteroatoms. The van der Waals surface area contributed by atoms with Crippen LogP contribution in [0.3, 0.4) is 0 Å². The van der Waals surface area contributed by atoms with Crippen molar-refractivity contribution in [2.24, 2.45) is 0 Å². The van der Waals surface area contributed by atoms with Crippen LogP contribution in [0.4, 0.5) is 5.69 Å². The van der Waals surface area contributed by atoms with Crippen LogP contribution in [0, 0.1) is 0 Å². The van der Waals surface area contributed by atoms with Crippen molar-refractivity contribution in [1.29, 1.82) is 0 Å². The standard InChI is InChI=1S/C11H13NO2.Al.3ClH/c1-14-11(13)10-8-4-2-3-7(8)5-6-9(10)12;;;;/h5-6H,2-4,12H2,1H3;;3*1H/q;+3;;;/p-3. The van der Waals surface area contributed by atoms with E-state index in [1.54, 1.807) is 6.07 Å². The Morgan fingerprint density at radius 1 is 1.22 bits per heavy atom. The monoisotopic (exact) mass is 323 g/mol. The summed E-state index contributed by atoms with van der Waals surface area (Å²) < 4.78 is 4.72. The van der Waals surface area contributed by atoms with E-state index < -0.39 is 0 Å². The number of nitrogen functional groups attached to an aromatic ring is 1. The first-order valence-electron chi connectivity index (χ1n) is 4.72. The van der Waals surface area contributed by atoms with Crippen molar-refractivity contribution >= 4 is 29.0 Å². The number of methoxy groups -OCH3 is 1. The van der Waals surface area contributed by atoms with Crippen LogP contribution < -0.4 is 43.0 Å². The van der Waals surface area contributed by atoms with Gasteiger partial charge < -0.3 is 47.7 Å². The number of anilines is 1. The second-order valence-electron chi connectivity index (χ2n) is 3.51. The van der Waals surface area contributed by atoms with Crippen molar-refractivity contribution in [2.75, 3.05) is 12.8 Å². The fraction of sp³-hybridized carbons (Fsp3) is 0.364. The van der Waals surface area contributed by atoms with E-state index in [9.17, 15) is 4.79 Å². The number of ether oxygens (including phenoxy) is 1. The number of carbonyl (C=O) groups is 1. The molecule has 0 fully saturated rings. The molecule has 0 amide bonds. The Labute approximate surface area is 136 Å². The van der Waals surface area contributed by atoms with Crippen LogP contribution in [-0.4, -0.2) is 30.4 Å². The summed E-state index contributed by atoms with van der Waals surface area (Å²) in [5, 5.41) is 0. The number of benzene rings is 1. The third-order valence-corrected chi connectivity index (χ3v) is 2.70. The Hall–Kier alpha value is -0.108. The summed E-state index contributed by atoms with van der Waals surface area (Å²) >= 11 is 0. The van der Waals surface area contributed by atoms with Gasteiger partial charge in [-0.1, -0.05) is 6.07 Å². The SMILES string of the molecule is COC(=O)c1c(N)ccc2c1CCC2.[Al+3].[Cl-].[Cl-].[Cl-]. The summed E-state index contributed by atoms with van der Waals surface area (Å²) in [5.41, 5.74) is 9.18. The van der Waals surface area contributed by atoms with Gasteiger partial charge in [-0.3, -0.25) is 0 Å². The van der Waals surface area contributed by atoms with E-state index >= 15 is 0 Å². The third kappa shape index (κ3) is 4.22. The molecule has 18 heavy (non-hydrogen) atoms. The molecule has 0 aliphatic heterocycles. The molecule has 0 radical (unpaired) electrons. The molecule has 0 aromatic heterocycles. The van der Waals surface area contributed by atoms with Gasteiger partial charge in [-0.15, -0.1) is 0 Å². The number of halogens is 3. The van der Waals surface area contributed by atoms with E-state index in [0.29, 0.717) is 11.3 Å². The van der Waals surface area contributed by atoms with E-state index in [1.165, 1.54) is 12.7 Å². The molecular formula is C11H13AlCl3NO2. The Morgan fingerprint density at radius 3 is 2.39 bits per heavy atom. The van der Waals surface area contributed by atoms with Gasteiger partial charge in [-0.05, 0) is 36.5 Å². The zero-order valence-electron chi connectivity index (χ0n) is 9.88. The van der Waals surface area contributed by atoms with E-state index in [1.807, 2.05) is 6.07 Å². The molecule has 0 unspecified atom stereocenters. The fourth-order valence-electron chi connectivity index (χ4n) is 2.03. The molecule has 0 atom stereocenters. The Bertz CT molecular complexity index is 402. The zero-order chi connectivity index (χ0) is 10.1. The van der Waals surface area contributed by atoms with Gasteiger partial charge in [0, 0.05) is 5.69 Å². The van der Waals surface area contributed by atoms with Crippen molar-refractivity contribution in [3.8, 4) is 0 Å².